The summed E-state index contributed by atoms with van der Waals surface area (Å²) in [5.41, 5.74) is 6.75. The van der Waals surface area contributed by atoms with Crippen molar-refractivity contribution < 1.29 is 4.79 Å². The Morgan fingerprint density at radius 3 is 2.55 bits per heavy atom. The number of piperidine rings is 1. The van der Waals surface area contributed by atoms with E-state index in [9.17, 15) is 4.79 Å². The molecule has 3 atom stereocenters. The van der Waals surface area contributed by atoms with Gasteiger partial charge in [-0.1, -0.05) is 92.7 Å². The Kier molecular flexibility index (Phi) is 12.0. The standard InChI is InChI=1S/C40H49N3O/c1-7-14-35(37-20-12-11-15-31(37)4)22-21-32(5)39(40(44)43-25-23-29(2)24-26-43)36-27-38(41-28-36)42-33(6)30(3)16-13-19-34-17-9-8-10-18-34/h1,8-12,15,17-18,20-22,27-30,36,39,42H,6,13-14,16,19,23-26H2,2-5H3/b32-21+,35-22+. The first-order valence-corrected chi connectivity index (χ1v) is 16.2. The Balaban J connectivity index is 1.50. The van der Waals surface area contributed by atoms with Crippen molar-refractivity contribution in [3.8, 4) is 12.3 Å². The quantitative estimate of drug-likeness (QED) is 0.189. The summed E-state index contributed by atoms with van der Waals surface area (Å²) in [4.78, 5) is 20.9. The number of terminal acetylenes is 1. The largest absolute Gasteiger partial charge is 0.344 e. The molecule has 3 unspecified atom stereocenters. The number of aryl methyl sites for hydroxylation is 2. The van der Waals surface area contributed by atoms with Crippen LogP contribution >= 0.6 is 0 Å². The number of carbonyl (C=O) groups excluding carboxylic acids is 1. The fraction of sp³-hybridized carbons (Fsp3) is 0.400. The van der Waals surface area contributed by atoms with Crippen LogP contribution in [-0.4, -0.2) is 30.1 Å². The molecule has 230 valence electrons. The van der Waals surface area contributed by atoms with Crippen molar-refractivity contribution >= 4 is 17.7 Å². The third-order valence-electron chi connectivity index (χ3n) is 9.13. The van der Waals surface area contributed by atoms with Gasteiger partial charge in [-0.15, -0.1) is 12.3 Å². The molecular formula is C40H49N3O. The Morgan fingerprint density at radius 1 is 1.14 bits per heavy atom. The third kappa shape index (κ3) is 8.96. The van der Waals surface area contributed by atoms with E-state index in [1.54, 1.807) is 0 Å². The van der Waals surface area contributed by atoms with E-state index in [2.05, 4.69) is 111 Å². The molecule has 2 aliphatic heterocycles. The molecule has 4 heteroatoms. The summed E-state index contributed by atoms with van der Waals surface area (Å²) in [5.74, 6) is 4.26. The number of carbonyl (C=O) groups is 1. The monoisotopic (exact) mass is 587 g/mol. The van der Waals surface area contributed by atoms with Crippen LogP contribution in [0.25, 0.3) is 5.57 Å². The average Bonchev–Trinajstić information content (AvgIpc) is 3.48. The van der Waals surface area contributed by atoms with Gasteiger partial charge in [0.2, 0.25) is 5.91 Å². The maximum Gasteiger partial charge on any atom is 0.230 e. The Morgan fingerprint density at radius 2 is 1.84 bits per heavy atom. The van der Waals surface area contributed by atoms with Gasteiger partial charge in [-0.05, 0) is 86.1 Å². The van der Waals surface area contributed by atoms with Gasteiger partial charge in [-0.3, -0.25) is 4.79 Å². The van der Waals surface area contributed by atoms with Crippen molar-refractivity contribution in [1.82, 2.24) is 10.2 Å². The minimum absolute atomic E-state index is 0.135. The Hall–Kier alpha value is -4.10. The summed E-state index contributed by atoms with van der Waals surface area (Å²) in [7, 11) is 0. The molecule has 4 nitrogen and oxygen atoms in total. The number of amides is 1. The second-order valence-corrected chi connectivity index (χ2v) is 12.6. The first-order valence-electron chi connectivity index (χ1n) is 16.2. The van der Waals surface area contributed by atoms with Crippen LogP contribution in [0.3, 0.4) is 0 Å². The lowest BCUT2D eigenvalue weighted by Gasteiger charge is -2.34. The van der Waals surface area contributed by atoms with Gasteiger partial charge in [0.05, 0.1) is 5.92 Å². The zero-order valence-corrected chi connectivity index (χ0v) is 27.1. The maximum atomic E-state index is 14.1. The fourth-order valence-corrected chi connectivity index (χ4v) is 6.12. The van der Waals surface area contributed by atoms with Crippen molar-refractivity contribution in [2.75, 3.05) is 13.1 Å². The summed E-state index contributed by atoms with van der Waals surface area (Å²) in [6, 6.07) is 18.9. The lowest BCUT2D eigenvalue weighted by Crippen LogP contribution is -2.43. The van der Waals surface area contributed by atoms with Crippen molar-refractivity contribution in [2.45, 2.75) is 66.2 Å². The first kappa shape index (κ1) is 32.8. The molecule has 2 aromatic carbocycles. The molecule has 0 radical (unpaired) electrons. The summed E-state index contributed by atoms with van der Waals surface area (Å²) < 4.78 is 0. The van der Waals surface area contributed by atoms with E-state index in [0.29, 0.717) is 18.3 Å². The number of hydrogen-bond acceptors (Lipinski definition) is 3. The van der Waals surface area contributed by atoms with Gasteiger partial charge in [-0.25, -0.2) is 4.99 Å². The van der Waals surface area contributed by atoms with Crippen LogP contribution in [0.5, 0.6) is 0 Å². The number of likely N-dealkylation sites (tertiary alicyclic amines) is 1. The summed E-state index contributed by atoms with van der Waals surface area (Å²) in [6.07, 6.45) is 19.8. The molecule has 1 N–H and O–H groups in total. The van der Waals surface area contributed by atoms with E-state index in [1.165, 1.54) is 11.1 Å². The zero-order valence-electron chi connectivity index (χ0n) is 27.1. The zero-order chi connectivity index (χ0) is 31.5. The van der Waals surface area contributed by atoms with Gasteiger partial charge in [0.15, 0.2) is 0 Å². The van der Waals surface area contributed by atoms with Crippen LogP contribution < -0.4 is 5.32 Å². The topological polar surface area (TPSA) is 44.7 Å². The van der Waals surface area contributed by atoms with E-state index >= 15 is 0 Å². The molecule has 0 aliphatic carbocycles. The van der Waals surface area contributed by atoms with Gasteiger partial charge in [0.25, 0.3) is 0 Å². The highest BCUT2D eigenvalue weighted by Gasteiger charge is 2.34. The van der Waals surface area contributed by atoms with Crippen molar-refractivity contribution in [3.63, 3.8) is 0 Å². The van der Waals surface area contributed by atoms with Crippen LogP contribution in [-0.2, 0) is 11.2 Å². The highest BCUT2D eigenvalue weighted by Crippen LogP contribution is 2.31. The summed E-state index contributed by atoms with van der Waals surface area (Å²) in [6.45, 7) is 14.6. The minimum Gasteiger partial charge on any atom is -0.344 e. The number of nitrogens with one attached hydrogen (secondary N) is 1. The molecule has 0 spiro atoms. The lowest BCUT2D eigenvalue weighted by atomic mass is 9.84. The molecule has 0 aromatic heterocycles. The summed E-state index contributed by atoms with van der Waals surface area (Å²) >= 11 is 0. The second kappa shape index (κ2) is 16.1. The minimum atomic E-state index is -0.330. The van der Waals surface area contributed by atoms with Crippen LogP contribution in [0.1, 0.15) is 69.6 Å². The van der Waals surface area contributed by atoms with Crippen molar-refractivity contribution in [1.29, 1.82) is 0 Å². The predicted octanol–water partition coefficient (Wildman–Crippen LogP) is 8.53. The Labute approximate surface area is 265 Å². The van der Waals surface area contributed by atoms with Crippen LogP contribution in [0.15, 0.2) is 101 Å². The fourth-order valence-electron chi connectivity index (χ4n) is 6.12. The number of allylic oxidation sites excluding steroid dienone is 5. The molecule has 0 bridgehead atoms. The van der Waals surface area contributed by atoms with Gasteiger partial charge in [0, 0.05) is 37.3 Å². The van der Waals surface area contributed by atoms with Crippen molar-refractivity contribution in [3.05, 3.63) is 113 Å². The Bertz CT molecular complexity index is 1450. The SMILES string of the molecule is C#CC/C(=C\C=C(/C)C(C(=O)N1CCC(C)CC1)C1C=NC(NC(=C)C(C)CCCc2ccccc2)=C1)c1ccccc1C. The molecule has 2 aliphatic rings. The number of aliphatic imine (C=N–C) groups is 1. The average molecular weight is 588 g/mol. The van der Waals surface area contributed by atoms with E-state index < -0.39 is 0 Å². The molecule has 1 saturated heterocycles. The molecular weight excluding hydrogens is 538 g/mol. The van der Waals surface area contributed by atoms with Crippen LogP contribution in [0.4, 0.5) is 0 Å². The number of benzene rings is 2. The number of nitrogens with zero attached hydrogens (tertiary/aromatic N) is 2. The normalized spacial score (nSPS) is 18.8. The molecule has 1 amide bonds. The van der Waals surface area contributed by atoms with Crippen LogP contribution in [0, 0.1) is 42.9 Å². The van der Waals surface area contributed by atoms with E-state index in [-0.39, 0.29) is 17.7 Å². The van der Waals surface area contributed by atoms with E-state index in [1.807, 2.05) is 18.3 Å². The highest BCUT2D eigenvalue weighted by atomic mass is 16.2. The molecule has 44 heavy (non-hydrogen) atoms. The van der Waals surface area contributed by atoms with E-state index in [0.717, 1.165) is 73.4 Å². The smallest absolute Gasteiger partial charge is 0.230 e. The maximum absolute atomic E-state index is 14.1. The predicted molar refractivity (Wildman–Crippen MR) is 186 cm³/mol. The third-order valence-corrected chi connectivity index (χ3v) is 9.13. The lowest BCUT2D eigenvalue weighted by molar-refractivity contribution is -0.136. The van der Waals surface area contributed by atoms with Gasteiger partial charge < -0.3 is 10.2 Å². The molecule has 4 rings (SSSR count). The second-order valence-electron chi connectivity index (χ2n) is 12.6. The molecule has 0 saturated carbocycles. The van der Waals surface area contributed by atoms with Gasteiger partial charge >= 0.3 is 0 Å². The molecule has 1 fully saturated rings. The molecule has 2 heterocycles. The molecule has 2 aromatic rings. The summed E-state index contributed by atoms with van der Waals surface area (Å²) in [5, 5.41) is 3.46. The first-order chi connectivity index (χ1) is 21.3. The van der Waals surface area contributed by atoms with Gasteiger partial charge in [0.1, 0.15) is 5.82 Å². The van der Waals surface area contributed by atoms with Crippen LogP contribution in [0.2, 0.25) is 0 Å². The van der Waals surface area contributed by atoms with Gasteiger partial charge in [-0.2, -0.15) is 0 Å². The highest BCUT2D eigenvalue weighted by molar-refractivity contribution is 5.87. The number of hydrogen-bond donors (Lipinski definition) is 1. The van der Waals surface area contributed by atoms with Crippen molar-refractivity contribution in [2.24, 2.45) is 28.7 Å². The van der Waals surface area contributed by atoms with E-state index in [4.69, 9.17) is 11.4 Å². The number of rotatable bonds is 13.